The molecule has 7 heteroatoms. The van der Waals surface area contributed by atoms with Gasteiger partial charge in [-0.1, -0.05) is 44.2 Å². The molecule has 2 saturated heterocycles. The molecule has 3 aliphatic carbocycles. The quantitative estimate of drug-likeness (QED) is 0.459. The summed E-state index contributed by atoms with van der Waals surface area (Å²) in [7, 11) is 0. The fraction of sp³-hybridized carbons (Fsp3) is 0.743. The number of rotatable bonds is 6. The number of ketones is 1. The zero-order valence-electron chi connectivity index (χ0n) is 25.6. The van der Waals surface area contributed by atoms with E-state index in [4.69, 9.17) is 4.74 Å². The van der Waals surface area contributed by atoms with Gasteiger partial charge in [-0.2, -0.15) is 0 Å². The van der Waals surface area contributed by atoms with Crippen LogP contribution in [0.5, 0.6) is 0 Å². The Morgan fingerprint density at radius 1 is 0.952 bits per heavy atom. The molecule has 6 rings (SSSR count). The molecule has 8 atom stereocenters. The van der Waals surface area contributed by atoms with Crippen molar-refractivity contribution in [1.82, 2.24) is 9.80 Å². The number of likely N-dealkylation sites (tertiary alicyclic amines) is 2. The highest BCUT2D eigenvalue weighted by atomic mass is 16.6. The zero-order valence-corrected chi connectivity index (χ0v) is 25.6. The Kier molecular flexibility index (Phi) is 8.43. The molecular formula is C35H50N2O5. The molecule has 5 aliphatic rings. The van der Waals surface area contributed by atoms with Gasteiger partial charge in [0, 0.05) is 45.4 Å². The lowest BCUT2D eigenvalue weighted by Gasteiger charge is -2.62. The molecule has 7 nitrogen and oxygen atoms in total. The summed E-state index contributed by atoms with van der Waals surface area (Å²) in [6, 6.07) is 9.83. The number of aliphatic hydroxyl groups is 1. The van der Waals surface area contributed by atoms with Gasteiger partial charge in [-0.25, -0.2) is 4.79 Å². The summed E-state index contributed by atoms with van der Waals surface area (Å²) < 4.78 is 5.67. The van der Waals surface area contributed by atoms with Crippen molar-refractivity contribution in [2.45, 2.75) is 97.2 Å². The number of hydrogen-bond donors (Lipinski definition) is 1. The Labute approximate surface area is 251 Å². The maximum absolute atomic E-state index is 13.0. The smallest absolute Gasteiger partial charge is 0.410 e. The van der Waals surface area contributed by atoms with Crippen LogP contribution >= 0.6 is 0 Å². The Bertz CT molecular complexity index is 1150. The number of ether oxygens (including phenoxy) is 1. The average Bonchev–Trinajstić information content (AvgIpc) is 3.33. The molecule has 3 saturated carbocycles. The van der Waals surface area contributed by atoms with E-state index >= 15 is 0 Å². The van der Waals surface area contributed by atoms with Gasteiger partial charge >= 0.3 is 6.09 Å². The molecule has 0 bridgehead atoms. The number of benzene rings is 1. The van der Waals surface area contributed by atoms with Gasteiger partial charge in [0.1, 0.15) is 12.4 Å². The number of carbonyl (C=O) groups excluding carboxylic acids is 3. The van der Waals surface area contributed by atoms with Gasteiger partial charge < -0.3 is 19.6 Å². The summed E-state index contributed by atoms with van der Waals surface area (Å²) in [5.41, 5.74) is 1.37. The molecule has 0 aromatic heterocycles. The van der Waals surface area contributed by atoms with Crippen LogP contribution in [0.25, 0.3) is 0 Å². The summed E-state index contributed by atoms with van der Waals surface area (Å²) in [6.07, 6.45) is 9.52. The van der Waals surface area contributed by atoms with Crippen molar-refractivity contribution in [3.63, 3.8) is 0 Å². The lowest BCUT2D eigenvalue weighted by atomic mass is 9.45. The van der Waals surface area contributed by atoms with E-state index in [0.717, 1.165) is 44.2 Å². The van der Waals surface area contributed by atoms with Crippen LogP contribution in [-0.4, -0.2) is 65.0 Å². The number of hydrogen-bond acceptors (Lipinski definition) is 5. The SMILES string of the molecule is CC12CCC3[C@@H](C(O)CC4CN(C(=O)OCc5ccccc5)CCC43C)C1CCC2CCCC(=O)N1CCC(=O)CC1. The van der Waals surface area contributed by atoms with E-state index in [-0.39, 0.29) is 34.7 Å². The summed E-state index contributed by atoms with van der Waals surface area (Å²) in [5, 5.41) is 11.7. The lowest BCUT2D eigenvalue weighted by Crippen LogP contribution is -2.61. The van der Waals surface area contributed by atoms with Gasteiger partial charge in [-0.3, -0.25) is 9.59 Å². The number of aliphatic hydroxyl groups excluding tert-OH is 1. The second-order valence-electron chi connectivity index (χ2n) is 14.7. The van der Waals surface area contributed by atoms with Crippen molar-refractivity contribution in [3.8, 4) is 0 Å². The van der Waals surface area contributed by atoms with Crippen molar-refractivity contribution >= 4 is 17.8 Å². The molecule has 0 spiro atoms. The molecule has 42 heavy (non-hydrogen) atoms. The summed E-state index contributed by atoms with van der Waals surface area (Å²) in [6.45, 7) is 7.81. The van der Waals surface area contributed by atoms with Crippen molar-refractivity contribution in [2.24, 2.45) is 40.4 Å². The van der Waals surface area contributed by atoms with Gasteiger partial charge in [-0.05, 0) is 97.3 Å². The fourth-order valence-corrected chi connectivity index (χ4v) is 10.1. The number of carbonyl (C=O) groups is 3. The second-order valence-corrected chi connectivity index (χ2v) is 14.7. The van der Waals surface area contributed by atoms with E-state index in [1.807, 2.05) is 40.1 Å². The molecule has 230 valence electrons. The van der Waals surface area contributed by atoms with Crippen LogP contribution in [0, 0.1) is 40.4 Å². The van der Waals surface area contributed by atoms with Crippen LogP contribution in [0.3, 0.4) is 0 Å². The Hall–Kier alpha value is -2.41. The molecule has 1 aromatic carbocycles. The summed E-state index contributed by atoms with van der Waals surface area (Å²) >= 11 is 0. The number of nitrogens with zero attached hydrogens (tertiary/aromatic N) is 2. The standard InChI is InChI=1S/C35H50N2O5/c1-34-16-13-29-32(28(34)12-11-25(34)9-6-10-31(40)36-18-14-27(38)15-19-36)30(39)21-26-22-37(20-17-35(26,29)2)33(41)42-23-24-7-4-3-5-8-24/h3-5,7-8,25-26,28-30,32,39H,6,9-23H2,1-2H3/t25?,26?,28?,29?,30?,32-,34?,35?/m0/s1. The molecule has 1 aromatic rings. The first-order valence-electron chi connectivity index (χ1n) is 16.6. The van der Waals surface area contributed by atoms with E-state index in [9.17, 15) is 19.5 Å². The normalized spacial score (nSPS) is 37.9. The number of piperidine rings is 2. The topological polar surface area (TPSA) is 87.2 Å². The molecular weight excluding hydrogens is 528 g/mol. The van der Waals surface area contributed by atoms with Crippen molar-refractivity contribution < 1.29 is 24.2 Å². The third kappa shape index (κ3) is 5.51. The predicted molar refractivity (Wildman–Crippen MR) is 160 cm³/mol. The minimum Gasteiger partial charge on any atom is -0.445 e. The summed E-state index contributed by atoms with van der Waals surface area (Å²) in [4.78, 5) is 41.0. The predicted octanol–water partition coefficient (Wildman–Crippen LogP) is 5.84. The third-order valence-electron chi connectivity index (χ3n) is 12.7. The Morgan fingerprint density at radius 2 is 1.69 bits per heavy atom. The van der Waals surface area contributed by atoms with Crippen LogP contribution in [0.4, 0.5) is 4.79 Å². The van der Waals surface area contributed by atoms with Crippen molar-refractivity contribution in [3.05, 3.63) is 35.9 Å². The maximum atomic E-state index is 13.0. The Morgan fingerprint density at radius 3 is 2.45 bits per heavy atom. The van der Waals surface area contributed by atoms with E-state index in [0.29, 0.717) is 75.1 Å². The Balaban J connectivity index is 1.05. The third-order valence-corrected chi connectivity index (χ3v) is 12.7. The minimum atomic E-state index is -0.319. The molecule has 1 N–H and O–H groups in total. The van der Waals surface area contributed by atoms with Gasteiger partial charge in [0.15, 0.2) is 0 Å². The van der Waals surface area contributed by atoms with Crippen molar-refractivity contribution in [2.75, 3.05) is 26.2 Å². The number of fused-ring (bicyclic) bond motifs is 5. The lowest BCUT2D eigenvalue weighted by molar-refractivity contribution is -0.168. The number of Topliss-reactive ketones (excluding diaryl/α,β-unsaturated/α-hetero) is 1. The van der Waals surface area contributed by atoms with Crippen LogP contribution in [0.2, 0.25) is 0 Å². The second kappa shape index (κ2) is 11.9. The highest BCUT2D eigenvalue weighted by Gasteiger charge is 2.62. The van der Waals surface area contributed by atoms with Gasteiger partial charge in [0.25, 0.3) is 0 Å². The molecule has 7 unspecified atom stereocenters. The van der Waals surface area contributed by atoms with Gasteiger partial charge in [-0.15, -0.1) is 0 Å². The zero-order chi connectivity index (χ0) is 29.5. The largest absolute Gasteiger partial charge is 0.445 e. The highest BCUT2D eigenvalue weighted by Crippen LogP contribution is 2.67. The van der Waals surface area contributed by atoms with Gasteiger partial charge in [0.05, 0.1) is 6.10 Å². The van der Waals surface area contributed by atoms with Gasteiger partial charge in [0.2, 0.25) is 5.91 Å². The molecule has 2 aliphatic heterocycles. The first kappa shape index (κ1) is 29.7. The highest BCUT2D eigenvalue weighted by molar-refractivity contribution is 5.83. The van der Waals surface area contributed by atoms with Crippen LogP contribution in [0.1, 0.15) is 90.0 Å². The van der Waals surface area contributed by atoms with Crippen LogP contribution < -0.4 is 0 Å². The van der Waals surface area contributed by atoms with Crippen molar-refractivity contribution in [1.29, 1.82) is 0 Å². The molecule has 0 radical (unpaired) electrons. The van der Waals surface area contributed by atoms with E-state index in [1.54, 1.807) is 0 Å². The fourth-order valence-electron chi connectivity index (χ4n) is 10.1. The number of amides is 2. The molecule has 2 heterocycles. The first-order valence-corrected chi connectivity index (χ1v) is 16.6. The molecule has 5 fully saturated rings. The average molecular weight is 579 g/mol. The molecule has 2 amide bonds. The summed E-state index contributed by atoms with van der Waals surface area (Å²) in [5.74, 6) is 2.75. The van der Waals surface area contributed by atoms with E-state index < -0.39 is 0 Å². The van der Waals surface area contributed by atoms with Crippen LogP contribution in [0.15, 0.2) is 30.3 Å². The minimum absolute atomic E-state index is 0.141. The van der Waals surface area contributed by atoms with E-state index in [1.165, 1.54) is 19.3 Å². The van der Waals surface area contributed by atoms with Crippen LogP contribution in [-0.2, 0) is 20.9 Å². The monoisotopic (exact) mass is 578 g/mol. The first-order chi connectivity index (χ1) is 20.2. The van der Waals surface area contributed by atoms with E-state index in [2.05, 4.69) is 13.8 Å². The maximum Gasteiger partial charge on any atom is 0.410 e.